The molecule has 1 saturated carbocycles. The van der Waals surface area contributed by atoms with Gasteiger partial charge in [0.25, 0.3) is 0 Å². The lowest BCUT2D eigenvalue weighted by molar-refractivity contribution is -0.125. The van der Waals surface area contributed by atoms with Gasteiger partial charge in [0.05, 0.1) is 11.1 Å². The lowest BCUT2D eigenvalue weighted by atomic mass is 9.84. The number of amides is 1. The molecule has 0 spiro atoms. The molecule has 2 atom stereocenters. The van der Waals surface area contributed by atoms with E-state index in [1.54, 1.807) is 11.3 Å². The summed E-state index contributed by atoms with van der Waals surface area (Å²) in [6, 6.07) is 1.91. The standard InChI is InChI=1S/C11H16N2OS/c1-11(5-2-3-9(11)12)10(14)13-8-4-6-15-7-8/h4,6-7,9H,2-3,5,12H2,1H3,(H,13,14). The number of hydrogen-bond acceptors (Lipinski definition) is 3. The van der Waals surface area contributed by atoms with Crippen molar-refractivity contribution in [3.63, 3.8) is 0 Å². The van der Waals surface area contributed by atoms with Gasteiger partial charge in [-0.2, -0.15) is 11.3 Å². The summed E-state index contributed by atoms with van der Waals surface area (Å²) >= 11 is 1.58. The van der Waals surface area contributed by atoms with Crippen molar-refractivity contribution in [2.75, 3.05) is 5.32 Å². The first kappa shape index (κ1) is 10.6. The molecule has 0 bridgehead atoms. The minimum absolute atomic E-state index is 0.00358. The predicted octanol–water partition coefficient (Wildman–Crippen LogP) is 2.20. The fourth-order valence-electron chi connectivity index (χ4n) is 2.08. The van der Waals surface area contributed by atoms with Gasteiger partial charge in [0, 0.05) is 11.4 Å². The van der Waals surface area contributed by atoms with Crippen LogP contribution >= 0.6 is 11.3 Å². The van der Waals surface area contributed by atoms with Crippen molar-refractivity contribution in [2.24, 2.45) is 11.1 Å². The molecule has 0 saturated heterocycles. The van der Waals surface area contributed by atoms with Gasteiger partial charge in [-0.3, -0.25) is 4.79 Å². The van der Waals surface area contributed by atoms with E-state index in [4.69, 9.17) is 5.73 Å². The predicted molar refractivity (Wildman–Crippen MR) is 62.9 cm³/mol. The average Bonchev–Trinajstić information content (AvgIpc) is 2.79. The minimum atomic E-state index is -0.387. The molecule has 2 rings (SSSR count). The van der Waals surface area contributed by atoms with E-state index in [1.807, 2.05) is 23.8 Å². The molecule has 82 valence electrons. The summed E-state index contributed by atoms with van der Waals surface area (Å²) in [6.45, 7) is 1.96. The molecule has 1 aliphatic carbocycles. The van der Waals surface area contributed by atoms with E-state index >= 15 is 0 Å². The van der Waals surface area contributed by atoms with E-state index in [1.165, 1.54) is 0 Å². The Morgan fingerprint density at radius 1 is 1.73 bits per heavy atom. The molecular formula is C11H16N2OS. The van der Waals surface area contributed by atoms with Crippen molar-refractivity contribution in [1.82, 2.24) is 0 Å². The van der Waals surface area contributed by atoms with Gasteiger partial charge in [0.15, 0.2) is 0 Å². The molecule has 3 N–H and O–H groups in total. The van der Waals surface area contributed by atoms with Crippen LogP contribution in [0.3, 0.4) is 0 Å². The van der Waals surface area contributed by atoms with Crippen LogP contribution in [0.1, 0.15) is 26.2 Å². The van der Waals surface area contributed by atoms with E-state index in [9.17, 15) is 4.79 Å². The molecule has 4 heteroatoms. The third kappa shape index (κ3) is 1.92. The second-order valence-corrected chi connectivity index (χ2v) is 5.16. The van der Waals surface area contributed by atoms with Crippen LogP contribution in [0.4, 0.5) is 5.69 Å². The zero-order valence-corrected chi connectivity index (χ0v) is 9.64. The van der Waals surface area contributed by atoms with Crippen LogP contribution in [-0.2, 0) is 4.79 Å². The first-order valence-electron chi connectivity index (χ1n) is 5.22. The Bertz CT molecular complexity index is 349. The zero-order chi connectivity index (χ0) is 10.9. The molecule has 1 aromatic rings. The smallest absolute Gasteiger partial charge is 0.231 e. The van der Waals surface area contributed by atoms with Crippen LogP contribution < -0.4 is 11.1 Å². The van der Waals surface area contributed by atoms with Crippen LogP contribution in [0.5, 0.6) is 0 Å². The summed E-state index contributed by atoms with van der Waals surface area (Å²) in [6.07, 6.45) is 2.90. The summed E-state index contributed by atoms with van der Waals surface area (Å²) in [5, 5.41) is 6.81. The van der Waals surface area contributed by atoms with Gasteiger partial charge in [-0.1, -0.05) is 6.42 Å². The zero-order valence-electron chi connectivity index (χ0n) is 8.82. The molecule has 0 radical (unpaired) electrons. The van der Waals surface area contributed by atoms with Gasteiger partial charge in [-0.15, -0.1) is 0 Å². The highest BCUT2D eigenvalue weighted by Crippen LogP contribution is 2.37. The SMILES string of the molecule is CC1(C(=O)Nc2ccsc2)CCCC1N. The highest BCUT2D eigenvalue weighted by molar-refractivity contribution is 7.08. The minimum Gasteiger partial charge on any atom is -0.327 e. The average molecular weight is 224 g/mol. The fraction of sp³-hybridized carbons (Fsp3) is 0.545. The van der Waals surface area contributed by atoms with Crippen molar-refractivity contribution in [2.45, 2.75) is 32.2 Å². The van der Waals surface area contributed by atoms with E-state index in [0.29, 0.717) is 0 Å². The largest absolute Gasteiger partial charge is 0.327 e. The molecule has 1 amide bonds. The number of rotatable bonds is 2. The fourth-order valence-corrected chi connectivity index (χ4v) is 2.67. The van der Waals surface area contributed by atoms with Crippen molar-refractivity contribution in [3.05, 3.63) is 16.8 Å². The molecule has 1 aliphatic rings. The van der Waals surface area contributed by atoms with Crippen molar-refractivity contribution in [3.8, 4) is 0 Å². The summed E-state index contributed by atoms with van der Waals surface area (Å²) in [4.78, 5) is 12.1. The van der Waals surface area contributed by atoms with Gasteiger partial charge in [0.2, 0.25) is 5.91 Å². The van der Waals surface area contributed by atoms with Crippen molar-refractivity contribution >= 4 is 22.9 Å². The third-order valence-corrected chi connectivity index (χ3v) is 4.01. The van der Waals surface area contributed by atoms with E-state index < -0.39 is 0 Å². The molecule has 2 unspecified atom stereocenters. The van der Waals surface area contributed by atoms with Crippen molar-refractivity contribution in [1.29, 1.82) is 0 Å². The number of nitrogens with one attached hydrogen (secondary N) is 1. The molecular weight excluding hydrogens is 208 g/mol. The molecule has 0 aliphatic heterocycles. The normalized spacial score (nSPS) is 30.4. The number of carbonyl (C=O) groups excluding carboxylic acids is 1. The van der Waals surface area contributed by atoms with E-state index in [-0.39, 0.29) is 17.4 Å². The molecule has 1 fully saturated rings. The van der Waals surface area contributed by atoms with Gasteiger partial charge in [-0.25, -0.2) is 0 Å². The highest BCUT2D eigenvalue weighted by atomic mass is 32.1. The number of thiophene rings is 1. The Kier molecular flexibility index (Phi) is 2.80. The van der Waals surface area contributed by atoms with Crippen molar-refractivity contribution < 1.29 is 4.79 Å². The first-order valence-corrected chi connectivity index (χ1v) is 6.16. The third-order valence-electron chi connectivity index (χ3n) is 3.33. The van der Waals surface area contributed by atoms with Crippen LogP contribution in [0.15, 0.2) is 16.8 Å². The molecule has 0 aromatic carbocycles. The lowest BCUT2D eigenvalue weighted by Crippen LogP contribution is -2.44. The van der Waals surface area contributed by atoms with Crippen LogP contribution in [0.25, 0.3) is 0 Å². The number of carbonyl (C=O) groups is 1. The van der Waals surface area contributed by atoms with E-state index in [0.717, 1.165) is 24.9 Å². The number of hydrogen-bond donors (Lipinski definition) is 2. The van der Waals surface area contributed by atoms with Crippen LogP contribution in [0, 0.1) is 5.41 Å². The van der Waals surface area contributed by atoms with Gasteiger partial charge in [-0.05, 0) is 31.2 Å². The van der Waals surface area contributed by atoms with Gasteiger partial charge < -0.3 is 11.1 Å². The van der Waals surface area contributed by atoms with Gasteiger partial charge >= 0.3 is 0 Å². The maximum Gasteiger partial charge on any atom is 0.231 e. The second kappa shape index (κ2) is 3.94. The quantitative estimate of drug-likeness (QED) is 0.809. The summed E-state index contributed by atoms with van der Waals surface area (Å²) in [5.74, 6) is 0.0610. The molecule has 1 heterocycles. The van der Waals surface area contributed by atoms with E-state index in [2.05, 4.69) is 5.32 Å². The summed E-state index contributed by atoms with van der Waals surface area (Å²) < 4.78 is 0. The molecule has 3 nitrogen and oxygen atoms in total. The monoisotopic (exact) mass is 224 g/mol. The Morgan fingerprint density at radius 3 is 3.07 bits per heavy atom. The summed E-state index contributed by atoms with van der Waals surface area (Å²) in [7, 11) is 0. The van der Waals surface area contributed by atoms with Gasteiger partial charge in [0.1, 0.15) is 0 Å². The van der Waals surface area contributed by atoms with Crippen LogP contribution in [0.2, 0.25) is 0 Å². The Morgan fingerprint density at radius 2 is 2.53 bits per heavy atom. The Balaban J connectivity index is 2.07. The highest BCUT2D eigenvalue weighted by Gasteiger charge is 2.42. The first-order chi connectivity index (χ1) is 7.13. The van der Waals surface area contributed by atoms with Crippen LogP contribution in [-0.4, -0.2) is 11.9 Å². The molecule has 15 heavy (non-hydrogen) atoms. The number of nitrogens with two attached hydrogens (primary N) is 1. The number of anilines is 1. The maximum absolute atomic E-state index is 12.1. The second-order valence-electron chi connectivity index (χ2n) is 4.38. The topological polar surface area (TPSA) is 55.1 Å². The lowest BCUT2D eigenvalue weighted by Gasteiger charge is -2.27. The maximum atomic E-state index is 12.1. The summed E-state index contributed by atoms with van der Waals surface area (Å²) in [5.41, 5.74) is 6.48. The Labute approximate surface area is 93.7 Å². The molecule has 1 aromatic heterocycles. The Hall–Kier alpha value is -0.870.